The van der Waals surface area contributed by atoms with Crippen LogP contribution in [0.2, 0.25) is 0 Å². The quantitative estimate of drug-likeness (QED) is 0.685. The summed E-state index contributed by atoms with van der Waals surface area (Å²) in [7, 11) is 0. The van der Waals surface area contributed by atoms with Crippen LogP contribution in [0.5, 0.6) is 0 Å². The molecule has 1 atom stereocenters. The van der Waals surface area contributed by atoms with Crippen molar-refractivity contribution >= 4 is 11.6 Å². The molecule has 0 radical (unpaired) electrons. The van der Waals surface area contributed by atoms with Gasteiger partial charge in [-0.25, -0.2) is 0 Å². The minimum absolute atomic E-state index is 0.0637. The highest BCUT2D eigenvalue weighted by Crippen LogP contribution is 2.11. The largest absolute Gasteiger partial charge is 0.423 e. The monoisotopic (exact) mass is 318 g/mol. The van der Waals surface area contributed by atoms with Gasteiger partial charge in [-0.1, -0.05) is 13.8 Å². The molecule has 2 aromatic rings. The van der Waals surface area contributed by atoms with Crippen LogP contribution in [0.1, 0.15) is 42.4 Å². The van der Waals surface area contributed by atoms with Gasteiger partial charge in [0.1, 0.15) is 0 Å². The number of hydrogen-bond acceptors (Lipinski definition) is 6. The number of nitrogens with zero attached hydrogens (tertiary/aromatic N) is 2. The summed E-state index contributed by atoms with van der Waals surface area (Å²) in [4.78, 5) is 12.0. The SMILES string of the molecule is CCc1nnc(CNc2ccc(C(=O)NC(CC)CO)cc2)o1. The molecule has 0 fully saturated rings. The molecular formula is C16H22N4O3. The minimum atomic E-state index is -0.217. The van der Waals surface area contributed by atoms with Crippen molar-refractivity contribution in [3.05, 3.63) is 41.6 Å². The molecule has 1 amide bonds. The molecule has 0 aliphatic heterocycles. The highest BCUT2D eigenvalue weighted by Gasteiger charge is 2.11. The number of aryl methyl sites for hydroxylation is 1. The van der Waals surface area contributed by atoms with Crippen molar-refractivity contribution in [1.29, 1.82) is 0 Å². The zero-order valence-corrected chi connectivity index (χ0v) is 13.4. The molecule has 1 aromatic heterocycles. The molecule has 0 saturated heterocycles. The summed E-state index contributed by atoms with van der Waals surface area (Å²) < 4.78 is 5.41. The number of hydrogen-bond donors (Lipinski definition) is 3. The fourth-order valence-corrected chi connectivity index (χ4v) is 1.97. The summed E-state index contributed by atoms with van der Waals surface area (Å²) in [6.45, 7) is 4.23. The highest BCUT2D eigenvalue weighted by atomic mass is 16.4. The van der Waals surface area contributed by atoms with Crippen LogP contribution in [0.4, 0.5) is 5.69 Å². The molecular weight excluding hydrogens is 296 g/mol. The Morgan fingerprint density at radius 2 is 1.91 bits per heavy atom. The number of nitrogens with one attached hydrogen (secondary N) is 2. The Balaban J connectivity index is 1.89. The lowest BCUT2D eigenvalue weighted by molar-refractivity contribution is 0.0915. The number of aliphatic hydroxyl groups is 1. The second kappa shape index (κ2) is 8.28. The third-order valence-corrected chi connectivity index (χ3v) is 3.45. The lowest BCUT2D eigenvalue weighted by Gasteiger charge is -2.14. The number of benzene rings is 1. The van der Waals surface area contributed by atoms with Gasteiger partial charge in [-0.05, 0) is 30.7 Å². The first kappa shape index (κ1) is 17.0. The summed E-state index contributed by atoms with van der Waals surface area (Å²) in [5, 5.41) is 22.9. The summed E-state index contributed by atoms with van der Waals surface area (Å²) in [6.07, 6.45) is 1.40. The molecule has 0 spiro atoms. The van der Waals surface area contributed by atoms with Crippen LogP contribution in [0.3, 0.4) is 0 Å². The van der Waals surface area contributed by atoms with Crippen LogP contribution in [0, 0.1) is 0 Å². The van der Waals surface area contributed by atoms with Gasteiger partial charge in [0.05, 0.1) is 19.2 Å². The van der Waals surface area contributed by atoms with Gasteiger partial charge in [0.15, 0.2) is 0 Å². The number of amides is 1. The van der Waals surface area contributed by atoms with E-state index < -0.39 is 0 Å². The predicted molar refractivity (Wildman–Crippen MR) is 86.1 cm³/mol. The molecule has 23 heavy (non-hydrogen) atoms. The topological polar surface area (TPSA) is 100 Å². The predicted octanol–water partition coefficient (Wildman–Crippen LogP) is 1.74. The smallest absolute Gasteiger partial charge is 0.251 e. The zero-order chi connectivity index (χ0) is 16.7. The van der Waals surface area contributed by atoms with Crippen molar-refractivity contribution in [3.63, 3.8) is 0 Å². The molecule has 0 bridgehead atoms. The van der Waals surface area contributed by atoms with E-state index in [1.165, 1.54) is 0 Å². The van der Waals surface area contributed by atoms with Gasteiger partial charge >= 0.3 is 0 Å². The van der Waals surface area contributed by atoms with Crippen molar-refractivity contribution in [1.82, 2.24) is 15.5 Å². The van der Waals surface area contributed by atoms with E-state index in [1.54, 1.807) is 12.1 Å². The van der Waals surface area contributed by atoms with Crippen molar-refractivity contribution in [2.45, 2.75) is 39.3 Å². The van der Waals surface area contributed by atoms with E-state index in [0.29, 0.717) is 36.7 Å². The number of carbonyl (C=O) groups excluding carboxylic acids is 1. The van der Waals surface area contributed by atoms with E-state index >= 15 is 0 Å². The van der Waals surface area contributed by atoms with Crippen LogP contribution >= 0.6 is 0 Å². The maximum atomic E-state index is 12.0. The van der Waals surface area contributed by atoms with E-state index in [9.17, 15) is 4.79 Å². The highest BCUT2D eigenvalue weighted by molar-refractivity contribution is 5.94. The summed E-state index contributed by atoms with van der Waals surface area (Å²) >= 11 is 0. The second-order valence-electron chi connectivity index (χ2n) is 5.14. The van der Waals surface area contributed by atoms with Crippen LogP contribution in [0.25, 0.3) is 0 Å². The standard InChI is InChI=1S/C16H22N4O3/c1-3-12(10-21)18-16(22)11-5-7-13(8-6-11)17-9-15-20-19-14(4-2)23-15/h5-8,12,17,21H,3-4,9-10H2,1-2H3,(H,18,22). The molecule has 7 heteroatoms. The van der Waals surface area contributed by atoms with Gasteiger partial charge in [0, 0.05) is 17.7 Å². The third kappa shape index (κ3) is 4.79. The zero-order valence-electron chi connectivity index (χ0n) is 13.4. The number of aliphatic hydroxyl groups excluding tert-OH is 1. The van der Waals surface area contributed by atoms with Crippen molar-refractivity contribution < 1.29 is 14.3 Å². The Morgan fingerprint density at radius 1 is 1.22 bits per heavy atom. The fourth-order valence-electron chi connectivity index (χ4n) is 1.97. The first-order valence-electron chi connectivity index (χ1n) is 7.73. The molecule has 1 aromatic carbocycles. The van der Waals surface area contributed by atoms with Crippen LogP contribution in [-0.4, -0.2) is 33.9 Å². The van der Waals surface area contributed by atoms with Gasteiger partial charge < -0.3 is 20.2 Å². The van der Waals surface area contributed by atoms with Crippen molar-refractivity contribution in [3.8, 4) is 0 Å². The van der Waals surface area contributed by atoms with E-state index in [1.807, 2.05) is 26.0 Å². The molecule has 1 unspecified atom stereocenters. The summed E-state index contributed by atoms with van der Waals surface area (Å²) in [6, 6.07) is 6.86. The van der Waals surface area contributed by atoms with Gasteiger partial charge in [-0.2, -0.15) is 0 Å². The van der Waals surface area contributed by atoms with Crippen molar-refractivity contribution in [2.75, 3.05) is 11.9 Å². The number of aromatic nitrogens is 2. The van der Waals surface area contributed by atoms with Crippen LogP contribution in [0.15, 0.2) is 28.7 Å². The summed E-state index contributed by atoms with van der Waals surface area (Å²) in [5.41, 5.74) is 1.40. The van der Waals surface area contributed by atoms with Gasteiger partial charge in [0.2, 0.25) is 11.8 Å². The number of rotatable bonds is 8. The van der Waals surface area contributed by atoms with Gasteiger partial charge in [0.25, 0.3) is 5.91 Å². The van der Waals surface area contributed by atoms with Crippen LogP contribution in [-0.2, 0) is 13.0 Å². The van der Waals surface area contributed by atoms with E-state index in [2.05, 4.69) is 20.8 Å². The lowest BCUT2D eigenvalue weighted by Crippen LogP contribution is -2.36. The Hall–Kier alpha value is -2.41. The molecule has 2 rings (SSSR count). The minimum Gasteiger partial charge on any atom is -0.423 e. The molecule has 0 aliphatic carbocycles. The maximum Gasteiger partial charge on any atom is 0.251 e. The van der Waals surface area contributed by atoms with E-state index in [-0.39, 0.29) is 18.6 Å². The molecule has 0 saturated carbocycles. The Bertz CT molecular complexity index is 621. The second-order valence-corrected chi connectivity index (χ2v) is 5.14. The van der Waals surface area contributed by atoms with Gasteiger partial charge in [-0.3, -0.25) is 4.79 Å². The molecule has 7 nitrogen and oxygen atoms in total. The first-order chi connectivity index (χ1) is 11.2. The fraction of sp³-hybridized carbons (Fsp3) is 0.438. The molecule has 124 valence electrons. The average Bonchev–Trinajstić information content (AvgIpc) is 3.06. The Morgan fingerprint density at radius 3 is 2.48 bits per heavy atom. The van der Waals surface area contributed by atoms with Crippen molar-refractivity contribution in [2.24, 2.45) is 0 Å². The van der Waals surface area contributed by atoms with Gasteiger partial charge in [-0.15, -0.1) is 10.2 Å². The average molecular weight is 318 g/mol. The number of carbonyl (C=O) groups is 1. The molecule has 1 heterocycles. The third-order valence-electron chi connectivity index (χ3n) is 3.45. The maximum absolute atomic E-state index is 12.0. The van der Waals surface area contributed by atoms with Crippen LogP contribution < -0.4 is 10.6 Å². The normalized spacial score (nSPS) is 12.0. The molecule has 3 N–H and O–H groups in total. The lowest BCUT2D eigenvalue weighted by atomic mass is 10.1. The molecule has 0 aliphatic rings. The number of anilines is 1. The Kier molecular flexibility index (Phi) is 6.10. The van der Waals surface area contributed by atoms with E-state index in [4.69, 9.17) is 9.52 Å². The van der Waals surface area contributed by atoms with E-state index in [0.717, 1.165) is 5.69 Å². The Labute approximate surface area is 135 Å². The summed E-state index contributed by atoms with van der Waals surface area (Å²) in [5.74, 6) is 0.947. The first-order valence-corrected chi connectivity index (χ1v) is 7.73.